The number of nitrogens with two attached hydrogens (primary N) is 1. The number of nitrogen functional groups attached to an aromatic ring is 1. The zero-order valence-electron chi connectivity index (χ0n) is 15.5. The molecule has 3 heterocycles. The van der Waals surface area contributed by atoms with Gasteiger partial charge in [-0.2, -0.15) is 0 Å². The lowest BCUT2D eigenvalue weighted by Gasteiger charge is -2.09. The third-order valence-corrected chi connectivity index (χ3v) is 4.75. The average Bonchev–Trinajstić information content (AvgIpc) is 3.08. The van der Waals surface area contributed by atoms with Crippen molar-refractivity contribution in [2.45, 2.75) is 32.7 Å². The van der Waals surface area contributed by atoms with Crippen LogP contribution in [0.4, 0.5) is 5.82 Å². The summed E-state index contributed by atoms with van der Waals surface area (Å²) >= 11 is 0. The number of pyridine rings is 2. The molecule has 0 atom stereocenters. The minimum absolute atomic E-state index is 0.508. The molecule has 3 aromatic heterocycles. The smallest absolute Gasteiger partial charge is 0.152 e. The maximum atomic E-state index is 6.20. The minimum atomic E-state index is 0.508. The fourth-order valence-corrected chi connectivity index (χ4v) is 3.48. The van der Waals surface area contributed by atoms with Crippen LogP contribution in [0.3, 0.4) is 0 Å². The molecule has 0 bridgehead atoms. The normalized spacial score (nSPS) is 11.7. The molecule has 0 unspecified atom stereocenters. The Morgan fingerprint density at radius 2 is 2.00 bits per heavy atom. The first-order valence-electron chi connectivity index (χ1n) is 9.38. The zero-order chi connectivity index (χ0) is 18.6. The Hall–Kier alpha value is -3.21. The second-order valence-electron chi connectivity index (χ2n) is 6.58. The molecule has 0 spiro atoms. The van der Waals surface area contributed by atoms with Crippen LogP contribution in [0.1, 0.15) is 31.2 Å². The molecule has 0 aliphatic carbocycles. The molecule has 4 rings (SSSR count). The van der Waals surface area contributed by atoms with Crippen LogP contribution in [0.15, 0.2) is 54.9 Å². The number of benzene rings is 1. The van der Waals surface area contributed by atoms with E-state index >= 15 is 0 Å². The van der Waals surface area contributed by atoms with E-state index < -0.39 is 0 Å². The van der Waals surface area contributed by atoms with Gasteiger partial charge >= 0.3 is 0 Å². The molecule has 27 heavy (non-hydrogen) atoms. The highest BCUT2D eigenvalue weighted by Gasteiger charge is 2.15. The van der Waals surface area contributed by atoms with Crippen LogP contribution in [0.2, 0.25) is 0 Å². The molecule has 5 heteroatoms. The van der Waals surface area contributed by atoms with E-state index in [4.69, 9.17) is 10.7 Å². The van der Waals surface area contributed by atoms with Gasteiger partial charge in [0.2, 0.25) is 0 Å². The number of anilines is 1. The standard InChI is InChI=1S/C22H23N5/c1-2-19-26-20-21(17-11-5-6-12-18(17)25-22(20)23)27(19)14-7-3-4-9-16-10-8-13-24-15-16/h4-6,8-13,15H,2-3,7,14H2,1H3,(H2,23,25). The lowest BCUT2D eigenvalue weighted by molar-refractivity contribution is 0.637. The van der Waals surface area contributed by atoms with E-state index in [-0.39, 0.29) is 0 Å². The van der Waals surface area contributed by atoms with Crippen molar-refractivity contribution in [1.29, 1.82) is 0 Å². The summed E-state index contributed by atoms with van der Waals surface area (Å²) in [6.45, 7) is 3.04. The predicted molar refractivity (Wildman–Crippen MR) is 111 cm³/mol. The van der Waals surface area contributed by atoms with Gasteiger partial charge in [-0.3, -0.25) is 4.98 Å². The van der Waals surface area contributed by atoms with Crippen LogP contribution >= 0.6 is 0 Å². The van der Waals surface area contributed by atoms with Crippen molar-refractivity contribution in [3.05, 3.63) is 66.3 Å². The Labute approximate surface area is 158 Å². The molecule has 1 aromatic carbocycles. The highest BCUT2D eigenvalue weighted by Crippen LogP contribution is 2.29. The summed E-state index contributed by atoms with van der Waals surface area (Å²) in [7, 11) is 0. The summed E-state index contributed by atoms with van der Waals surface area (Å²) in [6.07, 6.45) is 10.9. The highest BCUT2D eigenvalue weighted by atomic mass is 15.1. The van der Waals surface area contributed by atoms with Gasteiger partial charge in [-0.15, -0.1) is 0 Å². The molecule has 0 radical (unpaired) electrons. The van der Waals surface area contributed by atoms with E-state index in [1.54, 1.807) is 6.20 Å². The number of unbranched alkanes of at least 4 members (excludes halogenated alkanes) is 1. The fourth-order valence-electron chi connectivity index (χ4n) is 3.48. The summed E-state index contributed by atoms with van der Waals surface area (Å²) in [6, 6.07) is 12.2. The first-order chi connectivity index (χ1) is 13.3. The van der Waals surface area contributed by atoms with E-state index in [0.29, 0.717) is 5.82 Å². The van der Waals surface area contributed by atoms with Crippen molar-refractivity contribution in [3.8, 4) is 0 Å². The molecule has 0 amide bonds. The fraction of sp³-hybridized carbons (Fsp3) is 0.227. The van der Waals surface area contributed by atoms with E-state index in [2.05, 4.69) is 45.7 Å². The Balaban J connectivity index is 1.61. The quantitative estimate of drug-likeness (QED) is 0.511. The van der Waals surface area contributed by atoms with Crippen LogP contribution in [0, 0.1) is 0 Å². The van der Waals surface area contributed by atoms with E-state index in [0.717, 1.165) is 59.1 Å². The van der Waals surface area contributed by atoms with Crippen molar-refractivity contribution >= 4 is 33.8 Å². The van der Waals surface area contributed by atoms with Crippen LogP contribution in [0.25, 0.3) is 28.0 Å². The number of hydrogen-bond acceptors (Lipinski definition) is 4. The van der Waals surface area contributed by atoms with Gasteiger partial charge in [-0.25, -0.2) is 9.97 Å². The molecule has 4 aromatic rings. The second kappa shape index (κ2) is 7.58. The SMILES string of the molecule is CCc1nc2c(N)nc3ccccc3c2n1CCCC=Cc1cccnc1. The number of para-hydroxylation sites is 1. The van der Waals surface area contributed by atoms with Gasteiger partial charge in [0.15, 0.2) is 5.82 Å². The molecular weight excluding hydrogens is 334 g/mol. The lowest BCUT2D eigenvalue weighted by atomic mass is 10.1. The predicted octanol–water partition coefficient (Wildman–Crippen LogP) is 4.62. The maximum Gasteiger partial charge on any atom is 0.152 e. The van der Waals surface area contributed by atoms with E-state index in [1.807, 2.05) is 30.5 Å². The Kier molecular flexibility index (Phi) is 4.83. The second-order valence-corrected chi connectivity index (χ2v) is 6.58. The highest BCUT2D eigenvalue weighted by molar-refractivity contribution is 6.06. The monoisotopic (exact) mass is 357 g/mol. The summed E-state index contributed by atoms with van der Waals surface area (Å²) in [5, 5.41) is 1.11. The third kappa shape index (κ3) is 3.40. The molecule has 2 N–H and O–H groups in total. The van der Waals surface area contributed by atoms with Crippen molar-refractivity contribution in [2.75, 3.05) is 5.73 Å². The number of imidazole rings is 1. The number of rotatable bonds is 6. The summed E-state index contributed by atoms with van der Waals surface area (Å²) in [5.74, 6) is 1.57. The number of hydrogen-bond donors (Lipinski definition) is 1. The minimum Gasteiger partial charge on any atom is -0.382 e. The van der Waals surface area contributed by atoms with Crippen LogP contribution < -0.4 is 5.73 Å². The van der Waals surface area contributed by atoms with Crippen molar-refractivity contribution < 1.29 is 0 Å². The summed E-state index contributed by atoms with van der Waals surface area (Å²) in [4.78, 5) is 13.4. The third-order valence-electron chi connectivity index (χ3n) is 4.75. The Morgan fingerprint density at radius 3 is 2.81 bits per heavy atom. The molecule has 0 aliphatic rings. The number of allylic oxidation sites excluding steroid dienone is 1. The van der Waals surface area contributed by atoms with E-state index in [1.165, 1.54) is 0 Å². The maximum absolute atomic E-state index is 6.20. The Morgan fingerprint density at radius 1 is 1.11 bits per heavy atom. The number of aryl methyl sites for hydroxylation is 2. The van der Waals surface area contributed by atoms with E-state index in [9.17, 15) is 0 Å². The Bertz CT molecular complexity index is 1100. The topological polar surface area (TPSA) is 69.6 Å². The first-order valence-corrected chi connectivity index (χ1v) is 9.38. The molecule has 0 saturated carbocycles. The van der Waals surface area contributed by atoms with Gasteiger partial charge < -0.3 is 10.3 Å². The van der Waals surface area contributed by atoms with Crippen LogP contribution in [-0.4, -0.2) is 19.5 Å². The lowest BCUT2D eigenvalue weighted by Crippen LogP contribution is -2.03. The number of aromatic nitrogens is 4. The number of fused-ring (bicyclic) bond motifs is 3. The zero-order valence-corrected chi connectivity index (χ0v) is 15.5. The van der Waals surface area contributed by atoms with Gasteiger partial charge in [0.05, 0.1) is 11.0 Å². The van der Waals surface area contributed by atoms with Gasteiger partial charge in [-0.1, -0.05) is 43.3 Å². The number of nitrogens with zero attached hydrogens (tertiary/aromatic N) is 4. The molecule has 0 aliphatic heterocycles. The van der Waals surface area contributed by atoms with Gasteiger partial charge in [0, 0.05) is 30.7 Å². The van der Waals surface area contributed by atoms with Gasteiger partial charge in [-0.05, 0) is 30.5 Å². The van der Waals surface area contributed by atoms with Gasteiger partial charge in [0.1, 0.15) is 11.3 Å². The average molecular weight is 357 g/mol. The molecule has 5 nitrogen and oxygen atoms in total. The van der Waals surface area contributed by atoms with Crippen LogP contribution in [-0.2, 0) is 13.0 Å². The largest absolute Gasteiger partial charge is 0.382 e. The summed E-state index contributed by atoms with van der Waals surface area (Å²) < 4.78 is 2.31. The van der Waals surface area contributed by atoms with Crippen molar-refractivity contribution in [1.82, 2.24) is 19.5 Å². The molecular formula is C22H23N5. The van der Waals surface area contributed by atoms with Crippen molar-refractivity contribution in [2.24, 2.45) is 0 Å². The first kappa shape index (κ1) is 17.2. The van der Waals surface area contributed by atoms with Crippen molar-refractivity contribution in [3.63, 3.8) is 0 Å². The van der Waals surface area contributed by atoms with Crippen LogP contribution in [0.5, 0.6) is 0 Å². The summed E-state index contributed by atoms with van der Waals surface area (Å²) in [5.41, 5.74) is 10.2. The molecule has 0 saturated heterocycles. The molecule has 136 valence electrons. The van der Waals surface area contributed by atoms with Gasteiger partial charge in [0.25, 0.3) is 0 Å². The molecule has 0 fully saturated rings.